The fourth-order valence-corrected chi connectivity index (χ4v) is 5.00. The van der Waals surface area contributed by atoms with Gasteiger partial charge in [-0.05, 0) is 49.1 Å². The standard InChI is InChI=1S/C18H19NO3S2/c1-14-7-8-18(15(2)11-14)24(20,21)19(12-16-5-3-9-22-16)13-17-6-4-10-23-17/h3-11H,12-13H2,1-2H3. The Morgan fingerprint density at radius 1 is 1.08 bits per heavy atom. The predicted octanol–water partition coefficient (Wildman–Crippen LogP) is 4.35. The third-order valence-corrected chi connectivity index (χ3v) is 6.59. The van der Waals surface area contributed by atoms with E-state index in [0.717, 1.165) is 16.0 Å². The summed E-state index contributed by atoms with van der Waals surface area (Å²) in [5, 5.41) is 1.95. The number of nitrogens with zero attached hydrogens (tertiary/aromatic N) is 1. The monoisotopic (exact) mass is 361 g/mol. The molecule has 0 fully saturated rings. The molecule has 2 aromatic heterocycles. The number of aryl methyl sites for hydroxylation is 2. The molecule has 0 radical (unpaired) electrons. The predicted molar refractivity (Wildman–Crippen MR) is 95.4 cm³/mol. The lowest BCUT2D eigenvalue weighted by atomic mass is 10.2. The molecule has 3 rings (SSSR count). The maximum atomic E-state index is 13.2. The van der Waals surface area contributed by atoms with E-state index < -0.39 is 10.0 Å². The number of furan rings is 1. The molecular formula is C18H19NO3S2. The topological polar surface area (TPSA) is 50.5 Å². The molecule has 4 nitrogen and oxygen atoms in total. The largest absolute Gasteiger partial charge is 0.468 e. The SMILES string of the molecule is Cc1ccc(S(=O)(=O)N(Cc2ccco2)Cc2cccs2)c(C)c1. The van der Waals surface area contributed by atoms with E-state index in [2.05, 4.69) is 0 Å². The second kappa shape index (κ2) is 6.93. The molecule has 0 saturated carbocycles. The molecule has 0 bridgehead atoms. The molecule has 126 valence electrons. The lowest BCUT2D eigenvalue weighted by molar-refractivity contribution is 0.360. The number of rotatable bonds is 6. The van der Waals surface area contributed by atoms with Crippen molar-refractivity contribution in [2.24, 2.45) is 0 Å². The lowest BCUT2D eigenvalue weighted by Crippen LogP contribution is -2.30. The Balaban J connectivity index is 1.99. The van der Waals surface area contributed by atoms with Gasteiger partial charge in [0.15, 0.2) is 0 Å². The van der Waals surface area contributed by atoms with E-state index in [9.17, 15) is 8.42 Å². The molecule has 0 unspecified atom stereocenters. The first-order valence-corrected chi connectivity index (χ1v) is 9.91. The van der Waals surface area contributed by atoms with Crippen LogP contribution in [0, 0.1) is 13.8 Å². The first-order chi connectivity index (χ1) is 11.5. The Hall–Kier alpha value is -1.89. The Morgan fingerprint density at radius 2 is 1.92 bits per heavy atom. The summed E-state index contributed by atoms with van der Waals surface area (Å²) in [5.74, 6) is 0.625. The quantitative estimate of drug-likeness (QED) is 0.656. The van der Waals surface area contributed by atoms with Gasteiger partial charge < -0.3 is 4.42 Å². The molecule has 0 aliphatic rings. The van der Waals surface area contributed by atoms with Gasteiger partial charge in [-0.1, -0.05) is 23.8 Å². The second-order valence-electron chi connectivity index (χ2n) is 5.70. The van der Waals surface area contributed by atoms with Gasteiger partial charge in [-0.2, -0.15) is 4.31 Å². The minimum atomic E-state index is -3.62. The van der Waals surface area contributed by atoms with Crippen LogP contribution in [0.3, 0.4) is 0 Å². The number of hydrogen-bond acceptors (Lipinski definition) is 4. The van der Waals surface area contributed by atoms with Crippen LogP contribution in [0.2, 0.25) is 0 Å². The summed E-state index contributed by atoms with van der Waals surface area (Å²) in [6.07, 6.45) is 1.56. The van der Waals surface area contributed by atoms with Crippen molar-refractivity contribution in [3.8, 4) is 0 Å². The molecule has 0 saturated heterocycles. The summed E-state index contributed by atoms with van der Waals surface area (Å²) >= 11 is 1.55. The van der Waals surface area contributed by atoms with Crippen LogP contribution in [0.4, 0.5) is 0 Å². The van der Waals surface area contributed by atoms with Gasteiger partial charge >= 0.3 is 0 Å². The third-order valence-electron chi connectivity index (χ3n) is 3.77. The van der Waals surface area contributed by atoms with Crippen molar-refractivity contribution in [2.75, 3.05) is 0 Å². The zero-order valence-corrected chi connectivity index (χ0v) is 15.2. The fourth-order valence-electron chi connectivity index (χ4n) is 2.61. The van der Waals surface area contributed by atoms with Gasteiger partial charge in [-0.3, -0.25) is 0 Å². The molecule has 24 heavy (non-hydrogen) atoms. The zero-order valence-electron chi connectivity index (χ0n) is 13.6. The Kier molecular flexibility index (Phi) is 4.89. The van der Waals surface area contributed by atoms with Crippen LogP contribution in [-0.2, 0) is 23.1 Å². The molecular weight excluding hydrogens is 342 g/mol. The van der Waals surface area contributed by atoms with E-state index in [4.69, 9.17) is 4.42 Å². The van der Waals surface area contributed by atoms with Crippen molar-refractivity contribution in [3.05, 3.63) is 75.9 Å². The number of thiophene rings is 1. The van der Waals surface area contributed by atoms with E-state index >= 15 is 0 Å². The van der Waals surface area contributed by atoms with Crippen LogP contribution in [-0.4, -0.2) is 12.7 Å². The van der Waals surface area contributed by atoms with Crippen LogP contribution >= 0.6 is 11.3 Å². The van der Waals surface area contributed by atoms with Crippen LogP contribution < -0.4 is 0 Å². The van der Waals surface area contributed by atoms with Crippen molar-refractivity contribution < 1.29 is 12.8 Å². The highest BCUT2D eigenvalue weighted by molar-refractivity contribution is 7.89. The average molecular weight is 361 g/mol. The molecule has 0 aliphatic carbocycles. The van der Waals surface area contributed by atoms with E-state index in [1.807, 2.05) is 43.5 Å². The molecule has 0 amide bonds. The van der Waals surface area contributed by atoms with Crippen molar-refractivity contribution >= 4 is 21.4 Å². The summed E-state index contributed by atoms with van der Waals surface area (Å²) < 4.78 is 33.2. The Labute approximate surface area is 146 Å². The van der Waals surface area contributed by atoms with Gasteiger partial charge in [0, 0.05) is 11.4 Å². The van der Waals surface area contributed by atoms with E-state index in [-0.39, 0.29) is 6.54 Å². The molecule has 0 spiro atoms. The summed E-state index contributed by atoms with van der Waals surface area (Å²) in [4.78, 5) is 1.34. The minimum absolute atomic E-state index is 0.209. The smallest absolute Gasteiger partial charge is 0.244 e. The number of hydrogen-bond donors (Lipinski definition) is 0. The summed E-state index contributed by atoms with van der Waals surface area (Å²) in [6.45, 7) is 4.32. The third kappa shape index (κ3) is 3.61. The van der Waals surface area contributed by atoms with Gasteiger partial charge in [-0.25, -0.2) is 8.42 Å². The molecule has 1 aromatic carbocycles. The second-order valence-corrected chi connectivity index (χ2v) is 8.64. The van der Waals surface area contributed by atoms with Crippen LogP contribution in [0.5, 0.6) is 0 Å². The first kappa shape index (κ1) is 17.0. The highest BCUT2D eigenvalue weighted by Crippen LogP contribution is 2.25. The molecule has 0 N–H and O–H groups in total. The maximum absolute atomic E-state index is 13.2. The van der Waals surface area contributed by atoms with Crippen molar-refractivity contribution in [3.63, 3.8) is 0 Å². The van der Waals surface area contributed by atoms with Gasteiger partial charge in [0.2, 0.25) is 10.0 Å². The highest BCUT2D eigenvalue weighted by Gasteiger charge is 2.27. The molecule has 6 heteroatoms. The normalized spacial score (nSPS) is 12.0. The van der Waals surface area contributed by atoms with Crippen molar-refractivity contribution in [1.82, 2.24) is 4.31 Å². The number of benzene rings is 1. The van der Waals surface area contributed by atoms with Crippen LogP contribution in [0.1, 0.15) is 21.8 Å². The lowest BCUT2D eigenvalue weighted by Gasteiger charge is -2.22. The molecule has 2 heterocycles. The van der Waals surface area contributed by atoms with Crippen LogP contribution in [0.15, 0.2) is 63.4 Å². The van der Waals surface area contributed by atoms with Crippen LogP contribution in [0.25, 0.3) is 0 Å². The molecule has 3 aromatic rings. The van der Waals surface area contributed by atoms with Gasteiger partial charge in [0.05, 0.1) is 17.7 Å². The van der Waals surface area contributed by atoms with Gasteiger partial charge in [0.1, 0.15) is 5.76 Å². The van der Waals surface area contributed by atoms with Crippen molar-refractivity contribution in [1.29, 1.82) is 0 Å². The number of sulfonamides is 1. The zero-order chi connectivity index (χ0) is 17.2. The highest BCUT2D eigenvalue weighted by atomic mass is 32.2. The summed E-state index contributed by atoms with van der Waals surface area (Å²) in [5.41, 5.74) is 1.80. The Bertz CT molecular complexity index is 862. The fraction of sp³-hybridized carbons (Fsp3) is 0.222. The molecule has 0 atom stereocenters. The maximum Gasteiger partial charge on any atom is 0.244 e. The average Bonchev–Trinajstić information content (AvgIpc) is 3.19. The summed E-state index contributed by atoms with van der Waals surface area (Å²) in [7, 11) is -3.62. The van der Waals surface area contributed by atoms with E-state index in [1.165, 1.54) is 4.31 Å². The minimum Gasteiger partial charge on any atom is -0.468 e. The molecule has 0 aliphatic heterocycles. The van der Waals surface area contributed by atoms with E-state index in [1.54, 1.807) is 35.8 Å². The first-order valence-electron chi connectivity index (χ1n) is 7.59. The Morgan fingerprint density at radius 3 is 2.54 bits per heavy atom. The van der Waals surface area contributed by atoms with Gasteiger partial charge in [0.25, 0.3) is 0 Å². The van der Waals surface area contributed by atoms with E-state index in [0.29, 0.717) is 17.2 Å². The van der Waals surface area contributed by atoms with Gasteiger partial charge in [-0.15, -0.1) is 11.3 Å². The van der Waals surface area contributed by atoms with Crippen molar-refractivity contribution in [2.45, 2.75) is 31.8 Å². The summed E-state index contributed by atoms with van der Waals surface area (Å²) in [6, 6.07) is 12.8.